The molecule has 3 nitrogen and oxygen atoms in total. The molecule has 14 heavy (non-hydrogen) atoms. The molecule has 0 aliphatic heterocycles. The Labute approximate surface area is 83.2 Å². The van der Waals surface area contributed by atoms with Gasteiger partial charge in [0.25, 0.3) is 0 Å². The summed E-state index contributed by atoms with van der Waals surface area (Å²) in [6.07, 6.45) is 2.83. The standard InChI is InChI=1S/C11H14N2O/c1-4-8-5-9-10(12-6-8)13-11(14-9)7(2)3/h5-7H,4H2,1-3H3. The summed E-state index contributed by atoms with van der Waals surface area (Å²) in [7, 11) is 0. The first kappa shape index (κ1) is 9.19. The number of aromatic nitrogens is 2. The van der Waals surface area contributed by atoms with Crippen LogP contribution in [-0.2, 0) is 6.42 Å². The number of nitrogens with zero attached hydrogens (tertiary/aromatic N) is 2. The third-order valence-electron chi connectivity index (χ3n) is 2.22. The zero-order valence-electron chi connectivity index (χ0n) is 8.74. The molecule has 0 unspecified atom stereocenters. The highest BCUT2D eigenvalue weighted by Crippen LogP contribution is 2.20. The van der Waals surface area contributed by atoms with Crippen molar-refractivity contribution in [2.75, 3.05) is 0 Å². The lowest BCUT2D eigenvalue weighted by Crippen LogP contribution is -1.85. The van der Waals surface area contributed by atoms with E-state index in [1.54, 1.807) is 0 Å². The van der Waals surface area contributed by atoms with Gasteiger partial charge in [-0.15, -0.1) is 0 Å². The number of pyridine rings is 1. The van der Waals surface area contributed by atoms with Gasteiger partial charge in [-0.05, 0) is 18.1 Å². The van der Waals surface area contributed by atoms with Gasteiger partial charge in [0.15, 0.2) is 17.1 Å². The smallest absolute Gasteiger partial charge is 0.199 e. The van der Waals surface area contributed by atoms with Crippen LogP contribution < -0.4 is 0 Å². The fourth-order valence-electron chi connectivity index (χ4n) is 1.32. The molecule has 2 aromatic rings. The number of hydrogen-bond acceptors (Lipinski definition) is 3. The minimum Gasteiger partial charge on any atom is -0.439 e. The van der Waals surface area contributed by atoms with Crippen LogP contribution in [0.5, 0.6) is 0 Å². The first-order valence-corrected chi connectivity index (χ1v) is 4.96. The topological polar surface area (TPSA) is 38.9 Å². The van der Waals surface area contributed by atoms with Gasteiger partial charge in [0, 0.05) is 12.1 Å². The second kappa shape index (κ2) is 3.40. The molecule has 3 heteroatoms. The Balaban J connectivity index is 2.54. The molecule has 0 amide bonds. The summed E-state index contributed by atoms with van der Waals surface area (Å²) in [6, 6.07) is 2.02. The van der Waals surface area contributed by atoms with E-state index < -0.39 is 0 Å². The Morgan fingerprint density at radius 2 is 2.21 bits per heavy atom. The van der Waals surface area contributed by atoms with Crippen LogP contribution in [0.3, 0.4) is 0 Å². The second-order valence-electron chi connectivity index (χ2n) is 3.73. The summed E-state index contributed by atoms with van der Waals surface area (Å²) in [5.41, 5.74) is 2.70. The van der Waals surface area contributed by atoms with Crippen molar-refractivity contribution in [3.8, 4) is 0 Å². The summed E-state index contributed by atoms with van der Waals surface area (Å²) in [5.74, 6) is 1.08. The van der Waals surface area contributed by atoms with Gasteiger partial charge in [0.05, 0.1) is 0 Å². The number of fused-ring (bicyclic) bond motifs is 1. The van der Waals surface area contributed by atoms with Crippen LogP contribution in [0.2, 0.25) is 0 Å². The van der Waals surface area contributed by atoms with Gasteiger partial charge in [0.1, 0.15) is 0 Å². The quantitative estimate of drug-likeness (QED) is 0.730. The molecular weight excluding hydrogens is 176 g/mol. The van der Waals surface area contributed by atoms with E-state index in [0.717, 1.165) is 17.9 Å². The Morgan fingerprint density at radius 1 is 1.43 bits per heavy atom. The first-order valence-electron chi connectivity index (χ1n) is 4.96. The van der Waals surface area contributed by atoms with Crippen LogP contribution in [0.1, 0.15) is 38.1 Å². The van der Waals surface area contributed by atoms with Crippen LogP contribution in [0.25, 0.3) is 11.2 Å². The maximum atomic E-state index is 5.60. The van der Waals surface area contributed by atoms with Crippen molar-refractivity contribution in [1.82, 2.24) is 9.97 Å². The molecule has 0 atom stereocenters. The summed E-state index contributed by atoms with van der Waals surface area (Å²) in [4.78, 5) is 8.56. The summed E-state index contributed by atoms with van der Waals surface area (Å²) in [5, 5.41) is 0. The van der Waals surface area contributed by atoms with Crippen LogP contribution in [0.4, 0.5) is 0 Å². The molecule has 0 N–H and O–H groups in total. The van der Waals surface area contributed by atoms with Crippen LogP contribution in [0.15, 0.2) is 16.7 Å². The lowest BCUT2D eigenvalue weighted by atomic mass is 10.2. The second-order valence-corrected chi connectivity index (χ2v) is 3.73. The van der Waals surface area contributed by atoms with Crippen molar-refractivity contribution in [1.29, 1.82) is 0 Å². The van der Waals surface area contributed by atoms with Crippen molar-refractivity contribution in [3.63, 3.8) is 0 Å². The minimum absolute atomic E-state index is 0.314. The molecule has 2 heterocycles. The summed E-state index contributed by atoms with van der Waals surface area (Å²) in [6.45, 7) is 6.22. The van der Waals surface area contributed by atoms with Gasteiger partial charge >= 0.3 is 0 Å². The minimum atomic E-state index is 0.314. The van der Waals surface area contributed by atoms with Crippen LogP contribution >= 0.6 is 0 Å². The number of rotatable bonds is 2. The van der Waals surface area contributed by atoms with Gasteiger partial charge in [0.2, 0.25) is 0 Å². The molecular formula is C11H14N2O. The van der Waals surface area contributed by atoms with E-state index in [1.807, 2.05) is 12.3 Å². The van der Waals surface area contributed by atoms with E-state index in [2.05, 4.69) is 30.7 Å². The third kappa shape index (κ3) is 1.50. The molecule has 0 saturated carbocycles. The van der Waals surface area contributed by atoms with Crippen molar-refractivity contribution in [3.05, 3.63) is 23.7 Å². The predicted molar refractivity (Wildman–Crippen MR) is 55.3 cm³/mol. The molecule has 0 aliphatic carbocycles. The van der Waals surface area contributed by atoms with Crippen molar-refractivity contribution < 1.29 is 4.42 Å². The zero-order chi connectivity index (χ0) is 10.1. The highest BCUT2D eigenvalue weighted by Gasteiger charge is 2.09. The Hall–Kier alpha value is -1.38. The van der Waals surface area contributed by atoms with Gasteiger partial charge < -0.3 is 4.42 Å². The average molecular weight is 190 g/mol. The maximum absolute atomic E-state index is 5.60. The zero-order valence-corrected chi connectivity index (χ0v) is 8.74. The van der Waals surface area contributed by atoms with E-state index in [1.165, 1.54) is 5.56 Å². The molecule has 0 aliphatic rings. The van der Waals surface area contributed by atoms with Crippen LogP contribution in [-0.4, -0.2) is 9.97 Å². The van der Waals surface area contributed by atoms with Gasteiger partial charge in [-0.2, -0.15) is 4.98 Å². The van der Waals surface area contributed by atoms with Gasteiger partial charge in [-0.25, -0.2) is 4.98 Å². The van der Waals surface area contributed by atoms with Crippen LogP contribution in [0, 0.1) is 0 Å². The van der Waals surface area contributed by atoms with Crippen molar-refractivity contribution in [2.24, 2.45) is 0 Å². The predicted octanol–water partition coefficient (Wildman–Crippen LogP) is 2.91. The van der Waals surface area contributed by atoms with Gasteiger partial charge in [-0.1, -0.05) is 20.8 Å². The molecule has 0 fully saturated rings. The van der Waals surface area contributed by atoms with E-state index in [0.29, 0.717) is 11.6 Å². The fraction of sp³-hybridized carbons (Fsp3) is 0.455. The monoisotopic (exact) mass is 190 g/mol. The SMILES string of the molecule is CCc1cnc2nc(C(C)C)oc2c1. The maximum Gasteiger partial charge on any atom is 0.199 e. The van der Waals surface area contributed by atoms with E-state index >= 15 is 0 Å². The Morgan fingerprint density at radius 3 is 2.86 bits per heavy atom. The highest BCUT2D eigenvalue weighted by molar-refractivity contribution is 5.68. The molecule has 74 valence electrons. The number of oxazole rings is 1. The average Bonchev–Trinajstić information content (AvgIpc) is 2.59. The Bertz CT molecular complexity index is 445. The molecule has 0 aromatic carbocycles. The molecule has 2 rings (SSSR count). The normalized spacial score (nSPS) is 11.4. The first-order chi connectivity index (χ1) is 6.70. The largest absolute Gasteiger partial charge is 0.439 e. The van der Waals surface area contributed by atoms with Crippen molar-refractivity contribution >= 4 is 11.2 Å². The molecule has 0 saturated heterocycles. The van der Waals surface area contributed by atoms with Crippen molar-refractivity contribution in [2.45, 2.75) is 33.1 Å². The summed E-state index contributed by atoms with van der Waals surface area (Å²) < 4.78 is 5.60. The Kier molecular flexibility index (Phi) is 2.23. The molecule has 0 radical (unpaired) electrons. The fourth-order valence-corrected chi connectivity index (χ4v) is 1.32. The molecule has 2 aromatic heterocycles. The molecule has 0 spiro atoms. The van der Waals surface area contributed by atoms with E-state index in [-0.39, 0.29) is 0 Å². The highest BCUT2D eigenvalue weighted by atomic mass is 16.3. The molecule has 0 bridgehead atoms. The number of hydrogen-bond donors (Lipinski definition) is 0. The lowest BCUT2D eigenvalue weighted by Gasteiger charge is -1.94. The van der Waals surface area contributed by atoms with E-state index in [4.69, 9.17) is 4.42 Å². The number of aryl methyl sites for hydroxylation is 1. The van der Waals surface area contributed by atoms with E-state index in [9.17, 15) is 0 Å². The third-order valence-corrected chi connectivity index (χ3v) is 2.22. The summed E-state index contributed by atoms with van der Waals surface area (Å²) >= 11 is 0. The van der Waals surface area contributed by atoms with Gasteiger partial charge in [-0.3, -0.25) is 0 Å². The lowest BCUT2D eigenvalue weighted by molar-refractivity contribution is 0.501.